The number of hydrazine groups is 1. The first-order valence-corrected chi connectivity index (χ1v) is 7.44. The van der Waals surface area contributed by atoms with Gasteiger partial charge in [0.05, 0.1) is 25.5 Å². The van der Waals surface area contributed by atoms with Crippen LogP contribution in [0.3, 0.4) is 0 Å². The fourth-order valence-electron chi connectivity index (χ4n) is 1.43. The highest BCUT2D eigenvalue weighted by Gasteiger charge is 2.13. The van der Waals surface area contributed by atoms with Gasteiger partial charge in [0.15, 0.2) is 0 Å². The first-order valence-electron chi connectivity index (χ1n) is 5.49. The van der Waals surface area contributed by atoms with E-state index in [1.807, 2.05) is 0 Å². The van der Waals surface area contributed by atoms with Crippen LogP contribution in [0.1, 0.15) is 19.3 Å². The predicted octanol–water partition coefficient (Wildman–Crippen LogP) is 3.56. The van der Waals surface area contributed by atoms with Gasteiger partial charge in [-0.1, -0.05) is 34.8 Å². The van der Waals surface area contributed by atoms with Crippen LogP contribution in [-0.4, -0.2) is 11.8 Å². The number of rotatable bonds is 4. The van der Waals surface area contributed by atoms with Gasteiger partial charge in [-0.05, 0) is 24.3 Å². The summed E-state index contributed by atoms with van der Waals surface area (Å²) >= 11 is 18.7. The van der Waals surface area contributed by atoms with Crippen LogP contribution in [0.5, 0.6) is 0 Å². The normalized spacial score (nSPS) is 10.2. The molecule has 2 rings (SSSR count). The highest BCUT2D eigenvalue weighted by Crippen LogP contribution is 2.33. The van der Waals surface area contributed by atoms with Crippen LogP contribution in [-0.2, 0) is 0 Å². The Bertz CT molecular complexity index is 695. The van der Waals surface area contributed by atoms with Crippen LogP contribution in [0.4, 0.5) is 5.69 Å². The molecule has 0 fully saturated rings. The molecule has 0 bridgehead atoms. The van der Waals surface area contributed by atoms with Crippen molar-refractivity contribution in [3.8, 4) is 0 Å². The molecule has 0 aliphatic carbocycles. The van der Waals surface area contributed by atoms with Crippen molar-refractivity contribution in [2.45, 2.75) is 0 Å². The Morgan fingerprint density at radius 3 is 2.14 bits per heavy atom. The van der Waals surface area contributed by atoms with E-state index in [0.717, 1.165) is 11.3 Å². The van der Waals surface area contributed by atoms with E-state index in [1.165, 1.54) is 24.3 Å². The largest absolute Gasteiger partial charge is 0.365 e. The summed E-state index contributed by atoms with van der Waals surface area (Å²) in [5, 5.41) is 0.903. The molecule has 21 heavy (non-hydrogen) atoms. The molecule has 0 atom stereocenters. The van der Waals surface area contributed by atoms with Crippen LogP contribution in [0.2, 0.25) is 15.1 Å². The molecule has 0 aliphatic heterocycles. The Morgan fingerprint density at radius 2 is 1.62 bits per heavy atom. The summed E-state index contributed by atoms with van der Waals surface area (Å²) in [7, 11) is 0. The molecule has 1 heterocycles. The van der Waals surface area contributed by atoms with Crippen molar-refractivity contribution in [1.82, 2.24) is 5.43 Å². The number of anilines is 1. The van der Waals surface area contributed by atoms with E-state index in [4.69, 9.17) is 40.5 Å². The molecule has 0 radical (unpaired) electrons. The molecular weight excluding hydrogens is 357 g/mol. The zero-order valence-electron chi connectivity index (χ0n) is 10.2. The Kier molecular flexibility index (Phi) is 4.95. The van der Waals surface area contributed by atoms with E-state index in [-0.39, 0.29) is 10.0 Å². The second-order valence-electron chi connectivity index (χ2n) is 3.85. The lowest BCUT2D eigenvalue weighted by molar-refractivity contribution is 0.0965. The fourth-order valence-corrected chi connectivity index (χ4v) is 3.10. The second-order valence-corrected chi connectivity index (χ2v) is 6.19. The molecule has 5 nitrogen and oxygen atoms in total. The molecule has 2 aromatic rings. The average molecular weight is 365 g/mol. The highest BCUT2D eigenvalue weighted by molar-refractivity contribution is 7.15. The van der Waals surface area contributed by atoms with E-state index in [9.17, 15) is 9.59 Å². The minimum atomic E-state index is -0.587. The third kappa shape index (κ3) is 3.79. The van der Waals surface area contributed by atoms with Crippen LogP contribution < -0.4 is 16.6 Å². The predicted molar refractivity (Wildman–Crippen MR) is 85.4 cm³/mol. The summed E-state index contributed by atoms with van der Waals surface area (Å²) in [6.07, 6.45) is 0. The van der Waals surface area contributed by atoms with Crippen molar-refractivity contribution in [3.05, 3.63) is 49.1 Å². The maximum atomic E-state index is 11.9. The summed E-state index contributed by atoms with van der Waals surface area (Å²) in [4.78, 5) is 23.5. The molecule has 0 saturated heterocycles. The molecule has 0 saturated carbocycles. The number of nitrogens with one attached hydrogen (secondary N) is 2. The molecule has 110 valence electrons. The molecular formula is C12H8Cl3N3O2S. The van der Waals surface area contributed by atoms with E-state index >= 15 is 0 Å². The topological polar surface area (TPSA) is 84.2 Å². The first kappa shape index (κ1) is 15.9. The average Bonchev–Trinajstić information content (AvgIpc) is 2.86. The monoisotopic (exact) mass is 363 g/mol. The van der Waals surface area contributed by atoms with Crippen LogP contribution in [0, 0.1) is 0 Å². The number of amides is 2. The summed E-state index contributed by atoms with van der Waals surface area (Å²) in [6.45, 7) is 0. The number of carbonyl (C=O) groups is 2. The summed E-state index contributed by atoms with van der Waals surface area (Å²) in [6, 6.07) is 5.94. The Labute approximate surface area is 139 Å². The van der Waals surface area contributed by atoms with Gasteiger partial charge in [0.25, 0.3) is 11.8 Å². The number of primary amides is 1. The van der Waals surface area contributed by atoms with Gasteiger partial charge in [-0.2, -0.15) is 0 Å². The molecule has 1 aromatic carbocycles. The Hall–Kier alpha value is -1.47. The van der Waals surface area contributed by atoms with Crippen molar-refractivity contribution >= 4 is 63.6 Å². The quantitative estimate of drug-likeness (QED) is 0.725. The summed E-state index contributed by atoms with van der Waals surface area (Å²) in [5.41, 5.74) is 10.5. The maximum Gasteiger partial charge on any atom is 0.279 e. The zero-order chi connectivity index (χ0) is 15.6. The van der Waals surface area contributed by atoms with Crippen LogP contribution >= 0.6 is 46.1 Å². The highest BCUT2D eigenvalue weighted by atomic mass is 35.5. The van der Waals surface area contributed by atoms with E-state index in [0.29, 0.717) is 20.5 Å². The lowest BCUT2D eigenvalue weighted by Crippen LogP contribution is -2.29. The van der Waals surface area contributed by atoms with Crippen molar-refractivity contribution in [2.75, 3.05) is 5.43 Å². The number of halogens is 3. The number of thiophene rings is 1. The number of hydrogen-bond acceptors (Lipinski definition) is 4. The standard InChI is InChI=1S/C12H8Cl3N3O2S/c13-5-3-6(14)10(7(15)4-5)17-18-12(20)9-2-1-8(21-9)11(16)19/h1-4,17H,(H2,16,19)(H,18,20). The molecule has 0 aliphatic rings. The minimum absolute atomic E-state index is 0.261. The van der Waals surface area contributed by atoms with Gasteiger partial charge in [0.2, 0.25) is 0 Å². The van der Waals surface area contributed by atoms with Gasteiger partial charge in [0.1, 0.15) is 0 Å². The van der Waals surface area contributed by atoms with Crippen molar-refractivity contribution in [3.63, 3.8) is 0 Å². The summed E-state index contributed by atoms with van der Waals surface area (Å²) in [5.74, 6) is -1.04. The van der Waals surface area contributed by atoms with Gasteiger partial charge in [-0.25, -0.2) is 0 Å². The number of benzene rings is 1. The SMILES string of the molecule is NC(=O)c1ccc(C(=O)NNc2c(Cl)cc(Cl)cc2Cl)s1. The second kappa shape index (κ2) is 6.53. The van der Waals surface area contributed by atoms with Crippen molar-refractivity contribution < 1.29 is 9.59 Å². The first-order chi connectivity index (χ1) is 9.88. The van der Waals surface area contributed by atoms with Crippen LogP contribution in [0.25, 0.3) is 0 Å². The molecule has 4 N–H and O–H groups in total. The minimum Gasteiger partial charge on any atom is -0.365 e. The fraction of sp³-hybridized carbons (Fsp3) is 0. The van der Waals surface area contributed by atoms with E-state index in [2.05, 4.69) is 10.9 Å². The summed E-state index contributed by atoms with van der Waals surface area (Å²) < 4.78 is 0. The van der Waals surface area contributed by atoms with Gasteiger partial charge < -0.3 is 5.73 Å². The molecule has 2 amide bonds. The van der Waals surface area contributed by atoms with Crippen molar-refractivity contribution in [1.29, 1.82) is 0 Å². The lowest BCUT2D eigenvalue weighted by atomic mass is 10.3. The Balaban J connectivity index is 2.09. The zero-order valence-corrected chi connectivity index (χ0v) is 13.3. The van der Waals surface area contributed by atoms with E-state index < -0.39 is 11.8 Å². The maximum absolute atomic E-state index is 11.9. The number of carbonyl (C=O) groups excluding carboxylic acids is 2. The number of hydrogen-bond donors (Lipinski definition) is 3. The molecule has 0 unspecified atom stereocenters. The van der Waals surface area contributed by atoms with E-state index in [1.54, 1.807) is 0 Å². The molecule has 9 heteroatoms. The molecule has 0 spiro atoms. The van der Waals surface area contributed by atoms with Crippen LogP contribution in [0.15, 0.2) is 24.3 Å². The van der Waals surface area contributed by atoms with Gasteiger partial charge in [-0.15, -0.1) is 11.3 Å². The third-order valence-corrected chi connectivity index (χ3v) is 4.29. The Morgan fingerprint density at radius 1 is 1.05 bits per heavy atom. The number of nitrogens with two attached hydrogens (primary N) is 1. The molecule has 1 aromatic heterocycles. The van der Waals surface area contributed by atoms with Crippen molar-refractivity contribution in [2.24, 2.45) is 5.73 Å². The van der Waals surface area contributed by atoms with Gasteiger partial charge in [-0.3, -0.25) is 20.4 Å². The smallest absolute Gasteiger partial charge is 0.279 e. The third-order valence-electron chi connectivity index (χ3n) is 2.38. The van der Waals surface area contributed by atoms with Gasteiger partial charge >= 0.3 is 0 Å². The van der Waals surface area contributed by atoms with Gasteiger partial charge in [0, 0.05) is 5.02 Å². The lowest BCUT2D eigenvalue weighted by Gasteiger charge is -2.11.